The zero-order valence-electron chi connectivity index (χ0n) is 10.3. The van der Waals surface area contributed by atoms with Gasteiger partial charge in [0.15, 0.2) is 0 Å². The van der Waals surface area contributed by atoms with Crippen LogP contribution in [0.4, 0.5) is 5.69 Å². The number of amides is 1. The first-order chi connectivity index (χ1) is 9.19. The van der Waals surface area contributed by atoms with Gasteiger partial charge in [-0.25, -0.2) is 0 Å². The Morgan fingerprint density at radius 3 is 3.05 bits per heavy atom. The van der Waals surface area contributed by atoms with Gasteiger partial charge in [0, 0.05) is 17.1 Å². The van der Waals surface area contributed by atoms with Crippen molar-refractivity contribution in [1.29, 1.82) is 0 Å². The Hall–Kier alpha value is -1.89. The fraction of sp³-hybridized carbons (Fsp3) is 0.250. The van der Waals surface area contributed by atoms with Crippen LogP contribution >= 0.6 is 15.9 Å². The van der Waals surface area contributed by atoms with Crippen molar-refractivity contribution in [3.63, 3.8) is 0 Å². The van der Waals surface area contributed by atoms with Crippen LogP contribution in [-0.2, 0) is 11.3 Å². The highest BCUT2D eigenvalue weighted by molar-refractivity contribution is 9.10. The molecule has 0 aliphatic rings. The molecule has 2 rings (SSSR count). The highest BCUT2D eigenvalue weighted by Crippen LogP contribution is 2.27. The third-order valence-corrected chi connectivity index (χ3v) is 2.97. The van der Waals surface area contributed by atoms with E-state index >= 15 is 0 Å². The average molecular weight is 325 g/mol. The molecule has 1 amide bonds. The number of nitrogens with zero attached hydrogens (tertiary/aromatic N) is 3. The lowest BCUT2D eigenvalue weighted by molar-refractivity contribution is -0.116. The molecule has 0 saturated heterocycles. The van der Waals surface area contributed by atoms with E-state index in [2.05, 4.69) is 31.6 Å². The Morgan fingerprint density at radius 1 is 1.53 bits per heavy atom. The van der Waals surface area contributed by atoms with Gasteiger partial charge in [-0.1, -0.05) is 21.1 Å². The van der Waals surface area contributed by atoms with Crippen molar-refractivity contribution in [2.24, 2.45) is 0 Å². The van der Waals surface area contributed by atoms with E-state index in [0.717, 1.165) is 4.47 Å². The van der Waals surface area contributed by atoms with Crippen molar-refractivity contribution in [2.75, 3.05) is 12.4 Å². The SMILES string of the molecule is COc1ccc(Br)cc1NC(=O)CCn1ccnn1. The largest absolute Gasteiger partial charge is 0.495 e. The van der Waals surface area contributed by atoms with E-state index in [4.69, 9.17) is 4.74 Å². The standard InChI is InChI=1S/C12H13BrN4O2/c1-19-11-3-2-9(13)8-10(11)15-12(18)4-6-17-7-5-14-16-17/h2-3,5,7-8H,4,6H2,1H3,(H,15,18). The zero-order chi connectivity index (χ0) is 13.7. The predicted molar refractivity (Wildman–Crippen MR) is 74.0 cm³/mol. The molecule has 1 heterocycles. The number of carbonyl (C=O) groups excluding carboxylic acids is 1. The second kappa shape index (κ2) is 6.33. The van der Waals surface area contributed by atoms with E-state index < -0.39 is 0 Å². The maximum atomic E-state index is 11.8. The minimum absolute atomic E-state index is 0.105. The average Bonchev–Trinajstić information content (AvgIpc) is 2.90. The summed E-state index contributed by atoms with van der Waals surface area (Å²) in [7, 11) is 1.56. The number of anilines is 1. The van der Waals surface area contributed by atoms with Crippen molar-refractivity contribution < 1.29 is 9.53 Å². The van der Waals surface area contributed by atoms with Crippen LogP contribution < -0.4 is 10.1 Å². The van der Waals surface area contributed by atoms with Crippen LogP contribution in [-0.4, -0.2) is 28.0 Å². The highest BCUT2D eigenvalue weighted by Gasteiger charge is 2.08. The van der Waals surface area contributed by atoms with Gasteiger partial charge in [0.05, 0.1) is 25.5 Å². The van der Waals surface area contributed by atoms with Crippen LogP contribution in [0.3, 0.4) is 0 Å². The summed E-state index contributed by atoms with van der Waals surface area (Å²) in [4.78, 5) is 11.8. The van der Waals surface area contributed by atoms with E-state index in [0.29, 0.717) is 24.4 Å². The molecular formula is C12H13BrN4O2. The summed E-state index contributed by atoms with van der Waals surface area (Å²) in [5.41, 5.74) is 0.639. The predicted octanol–water partition coefficient (Wildman–Crippen LogP) is 2.08. The lowest BCUT2D eigenvalue weighted by Crippen LogP contribution is -2.15. The van der Waals surface area contributed by atoms with Crippen LogP contribution in [0, 0.1) is 0 Å². The maximum Gasteiger partial charge on any atom is 0.226 e. The molecule has 19 heavy (non-hydrogen) atoms. The normalized spacial score (nSPS) is 10.2. The van der Waals surface area contributed by atoms with E-state index in [-0.39, 0.29) is 5.91 Å². The lowest BCUT2D eigenvalue weighted by atomic mass is 10.3. The van der Waals surface area contributed by atoms with E-state index in [1.807, 2.05) is 6.07 Å². The molecule has 0 atom stereocenters. The fourth-order valence-corrected chi connectivity index (χ4v) is 1.92. The highest BCUT2D eigenvalue weighted by atomic mass is 79.9. The number of nitrogens with one attached hydrogen (secondary N) is 1. The van der Waals surface area contributed by atoms with Gasteiger partial charge in [-0.05, 0) is 18.2 Å². The molecule has 7 heteroatoms. The monoisotopic (exact) mass is 324 g/mol. The van der Waals surface area contributed by atoms with Crippen LogP contribution in [0.1, 0.15) is 6.42 Å². The summed E-state index contributed by atoms with van der Waals surface area (Å²) >= 11 is 3.36. The third kappa shape index (κ3) is 3.78. The van der Waals surface area contributed by atoms with Gasteiger partial charge in [-0.3, -0.25) is 9.48 Å². The van der Waals surface area contributed by atoms with Gasteiger partial charge in [0.1, 0.15) is 5.75 Å². The topological polar surface area (TPSA) is 69.0 Å². The molecule has 0 radical (unpaired) electrons. The maximum absolute atomic E-state index is 11.8. The van der Waals surface area contributed by atoms with Crippen molar-refractivity contribution >= 4 is 27.5 Å². The molecule has 2 aromatic rings. The number of halogens is 1. The smallest absolute Gasteiger partial charge is 0.226 e. The summed E-state index contributed by atoms with van der Waals surface area (Å²) < 4.78 is 7.67. The van der Waals surface area contributed by atoms with Gasteiger partial charge in [0.25, 0.3) is 0 Å². The van der Waals surface area contributed by atoms with Crippen molar-refractivity contribution in [2.45, 2.75) is 13.0 Å². The quantitative estimate of drug-likeness (QED) is 0.914. The number of hydrogen-bond donors (Lipinski definition) is 1. The Kier molecular flexibility index (Phi) is 4.51. The van der Waals surface area contributed by atoms with Crippen molar-refractivity contribution in [3.05, 3.63) is 35.1 Å². The molecule has 1 aromatic carbocycles. The Labute approximate surface area is 118 Å². The van der Waals surface area contributed by atoms with E-state index in [1.54, 1.807) is 36.3 Å². The number of benzene rings is 1. The van der Waals surface area contributed by atoms with Crippen molar-refractivity contribution in [3.8, 4) is 5.75 Å². The number of aromatic nitrogens is 3. The molecule has 100 valence electrons. The Morgan fingerprint density at radius 2 is 2.37 bits per heavy atom. The summed E-state index contributed by atoms with van der Waals surface area (Å²) in [6.45, 7) is 0.488. The molecule has 6 nitrogen and oxygen atoms in total. The van der Waals surface area contributed by atoms with Crippen LogP contribution in [0.25, 0.3) is 0 Å². The number of aryl methyl sites for hydroxylation is 1. The van der Waals surface area contributed by atoms with Gasteiger partial charge in [0.2, 0.25) is 5.91 Å². The first-order valence-corrected chi connectivity index (χ1v) is 6.46. The van der Waals surface area contributed by atoms with Crippen molar-refractivity contribution in [1.82, 2.24) is 15.0 Å². The van der Waals surface area contributed by atoms with Gasteiger partial charge < -0.3 is 10.1 Å². The number of carbonyl (C=O) groups is 1. The fourth-order valence-electron chi connectivity index (χ4n) is 1.56. The molecule has 1 aromatic heterocycles. The number of rotatable bonds is 5. The van der Waals surface area contributed by atoms with Crippen LogP contribution in [0.15, 0.2) is 35.1 Å². The number of methoxy groups -OCH3 is 1. The number of ether oxygens (including phenoxy) is 1. The van der Waals surface area contributed by atoms with Crippen LogP contribution in [0.5, 0.6) is 5.75 Å². The van der Waals surface area contributed by atoms with E-state index in [9.17, 15) is 4.79 Å². The van der Waals surface area contributed by atoms with E-state index in [1.165, 1.54) is 0 Å². The minimum Gasteiger partial charge on any atom is -0.495 e. The number of hydrogen-bond acceptors (Lipinski definition) is 4. The lowest BCUT2D eigenvalue weighted by Gasteiger charge is -2.10. The Balaban J connectivity index is 1.96. The summed E-state index contributed by atoms with van der Waals surface area (Å²) in [5, 5.41) is 10.3. The van der Waals surface area contributed by atoms with Gasteiger partial charge in [-0.2, -0.15) is 0 Å². The minimum atomic E-state index is -0.105. The van der Waals surface area contributed by atoms with Gasteiger partial charge >= 0.3 is 0 Å². The summed E-state index contributed by atoms with van der Waals surface area (Å²) in [5.74, 6) is 0.518. The molecular weight excluding hydrogens is 312 g/mol. The first-order valence-electron chi connectivity index (χ1n) is 5.66. The first kappa shape index (κ1) is 13.5. The zero-order valence-corrected chi connectivity index (χ0v) is 11.9. The second-order valence-corrected chi connectivity index (χ2v) is 4.72. The molecule has 0 fully saturated rings. The second-order valence-electron chi connectivity index (χ2n) is 3.81. The summed E-state index contributed by atoms with van der Waals surface area (Å²) in [6, 6.07) is 5.44. The molecule has 0 aliphatic carbocycles. The molecule has 1 N–H and O–H groups in total. The molecule has 0 bridgehead atoms. The van der Waals surface area contributed by atoms with Crippen LogP contribution in [0.2, 0.25) is 0 Å². The van der Waals surface area contributed by atoms with Gasteiger partial charge in [-0.15, -0.1) is 5.10 Å². The molecule has 0 saturated carbocycles. The third-order valence-electron chi connectivity index (χ3n) is 2.48. The Bertz CT molecular complexity index is 557. The molecule has 0 unspecified atom stereocenters. The molecule has 0 aliphatic heterocycles. The molecule has 0 spiro atoms. The summed E-state index contributed by atoms with van der Waals surface area (Å²) in [6.07, 6.45) is 3.61.